The van der Waals surface area contributed by atoms with E-state index in [0.717, 1.165) is 17.1 Å². The number of ether oxygens (including phenoxy) is 1. The lowest BCUT2D eigenvalue weighted by Crippen LogP contribution is -2.13. The van der Waals surface area contributed by atoms with Crippen molar-refractivity contribution in [1.82, 2.24) is 9.97 Å². The zero-order valence-electron chi connectivity index (χ0n) is 10.5. The third-order valence-corrected chi connectivity index (χ3v) is 3.48. The molecule has 2 heterocycles. The number of aromatic nitrogens is 2. The van der Waals surface area contributed by atoms with Crippen molar-refractivity contribution in [1.29, 1.82) is 0 Å². The lowest BCUT2D eigenvalue weighted by Gasteiger charge is -2.13. The monoisotopic (exact) mass is 274 g/mol. The number of rotatable bonds is 3. The van der Waals surface area contributed by atoms with Crippen LogP contribution in [0.3, 0.4) is 0 Å². The summed E-state index contributed by atoms with van der Waals surface area (Å²) in [5.74, 6) is 2.11. The van der Waals surface area contributed by atoms with Gasteiger partial charge < -0.3 is 15.8 Å². The molecule has 0 radical (unpaired) electrons. The second-order valence-corrected chi connectivity index (χ2v) is 4.98. The Balaban J connectivity index is 1.85. The molecule has 1 aliphatic rings. The summed E-state index contributed by atoms with van der Waals surface area (Å²) in [6, 6.07) is 9.83. The molecule has 1 aliphatic heterocycles. The summed E-state index contributed by atoms with van der Waals surface area (Å²) in [5.41, 5.74) is 6.91. The van der Waals surface area contributed by atoms with Crippen molar-refractivity contribution in [2.75, 3.05) is 23.9 Å². The molecule has 0 bridgehead atoms. The van der Waals surface area contributed by atoms with Crippen LogP contribution in [0.5, 0.6) is 5.75 Å². The third kappa shape index (κ3) is 2.44. The van der Waals surface area contributed by atoms with Gasteiger partial charge in [0.05, 0.1) is 6.04 Å². The Morgan fingerprint density at radius 3 is 3.05 bits per heavy atom. The molecule has 3 N–H and O–H groups in total. The molecule has 0 spiro atoms. The van der Waals surface area contributed by atoms with Crippen LogP contribution in [-0.4, -0.2) is 22.8 Å². The molecule has 0 saturated heterocycles. The van der Waals surface area contributed by atoms with E-state index in [9.17, 15) is 0 Å². The molecule has 2 aromatic rings. The average Bonchev–Trinajstić information content (AvgIpc) is 2.82. The molecular weight excluding hydrogens is 260 g/mol. The quantitative estimate of drug-likeness (QED) is 0.661. The predicted octanol–water partition coefficient (Wildman–Crippen LogP) is 2.33. The summed E-state index contributed by atoms with van der Waals surface area (Å²) in [5, 5.41) is 4.00. The fourth-order valence-corrected chi connectivity index (χ4v) is 2.46. The molecule has 98 valence electrons. The van der Waals surface area contributed by atoms with E-state index in [1.165, 1.54) is 11.8 Å². The first-order chi connectivity index (χ1) is 9.26. The van der Waals surface area contributed by atoms with Gasteiger partial charge in [0.2, 0.25) is 0 Å². The lowest BCUT2D eigenvalue weighted by atomic mass is 10.1. The number of hydrogen-bond donors (Lipinski definition) is 2. The Morgan fingerprint density at radius 2 is 2.21 bits per heavy atom. The number of fused-ring (bicyclic) bond motifs is 1. The van der Waals surface area contributed by atoms with Crippen molar-refractivity contribution < 1.29 is 4.74 Å². The zero-order valence-corrected chi connectivity index (χ0v) is 11.3. The number of nitrogens with two attached hydrogens (primary N) is 1. The minimum atomic E-state index is 0.0974. The fourth-order valence-electron chi connectivity index (χ4n) is 2.07. The second-order valence-electron chi connectivity index (χ2n) is 4.21. The smallest absolute Gasteiger partial charge is 0.191 e. The second kappa shape index (κ2) is 4.97. The molecule has 0 aliphatic carbocycles. The molecule has 1 aromatic heterocycles. The fraction of sp³-hybridized carbons (Fsp3) is 0.231. The van der Waals surface area contributed by atoms with Gasteiger partial charge in [-0.05, 0) is 12.3 Å². The van der Waals surface area contributed by atoms with E-state index in [0.29, 0.717) is 17.6 Å². The molecule has 0 fully saturated rings. The highest BCUT2D eigenvalue weighted by Crippen LogP contribution is 2.34. The number of para-hydroxylation sites is 1. The highest BCUT2D eigenvalue weighted by atomic mass is 32.2. The molecule has 6 heteroatoms. The van der Waals surface area contributed by atoms with Crippen LogP contribution in [0.15, 0.2) is 35.5 Å². The predicted molar refractivity (Wildman–Crippen MR) is 76.5 cm³/mol. The summed E-state index contributed by atoms with van der Waals surface area (Å²) >= 11 is 1.47. The maximum absolute atomic E-state index is 5.77. The minimum absolute atomic E-state index is 0.0974. The van der Waals surface area contributed by atoms with Gasteiger partial charge in [0.15, 0.2) is 5.16 Å². The van der Waals surface area contributed by atoms with Crippen LogP contribution in [0.4, 0.5) is 11.6 Å². The number of nitrogens with one attached hydrogen (secondary N) is 1. The average molecular weight is 274 g/mol. The van der Waals surface area contributed by atoms with E-state index < -0.39 is 0 Å². The van der Waals surface area contributed by atoms with E-state index in [4.69, 9.17) is 10.5 Å². The van der Waals surface area contributed by atoms with Crippen molar-refractivity contribution in [3.8, 4) is 5.75 Å². The van der Waals surface area contributed by atoms with Crippen LogP contribution in [-0.2, 0) is 0 Å². The lowest BCUT2D eigenvalue weighted by molar-refractivity contribution is 0.339. The van der Waals surface area contributed by atoms with Gasteiger partial charge in [-0.2, -0.15) is 0 Å². The van der Waals surface area contributed by atoms with Crippen LogP contribution in [0.2, 0.25) is 0 Å². The number of anilines is 2. The van der Waals surface area contributed by atoms with E-state index in [2.05, 4.69) is 21.4 Å². The van der Waals surface area contributed by atoms with Crippen LogP contribution >= 0.6 is 11.8 Å². The Hall–Kier alpha value is -1.95. The number of benzene rings is 1. The highest BCUT2D eigenvalue weighted by Gasteiger charge is 2.23. The Labute approximate surface area is 115 Å². The largest absolute Gasteiger partial charge is 0.491 e. The number of nitrogen functional groups attached to an aromatic ring is 1. The zero-order chi connectivity index (χ0) is 13.2. The normalized spacial score (nSPS) is 16.8. The molecule has 19 heavy (non-hydrogen) atoms. The van der Waals surface area contributed by atoms with Gasteiger partial charge in [-0.25, -0.2) is 9.97 Å². The maximum atomic E-state index is 5.77. The Bertz CT molecular complexity index is 605. The van der Waals surface area contributed by atoms with Gasteiger partial charge in [-0.15, -0.1) is 0 Å². The first kappa shape index (κ1) is 12.1. The Kier molecular flexibility index (Phi) is 3.16. The molecule has 1 atom stereocenters. The molecule has 3 rings (SSSR count). The van der Waals surface area contributed by atoms with Crippen LogP contribution < -0.4 is 15.8 Å². The number of hydrogen-bond acceptors (Lipinski definition) is 6. The van der Waals surface area contributed by atoms with Crippen molar-refractivity contribution in [3.05, 3.63) is 35.9 Å². The van der Waals surface area contributed by atoms with E-state index >= 15 is 0 Å². The minimum Gasteiger partial charge on any atom is -0.491 e. The first-order valence-electron chi connectivity index (χ1n) is 5.93. The summed E-state index contributed by atoms with van der Waals surface area (Å²) in [6.07, 6.45) is 1.92. The first-order valence-corrected chi connectivity index (χ1v) is 7.15. The van der Waals surface area contributed by atoms with Gasteiger partial charge in [0.1, 0.15) is 24.0 Å². The molecule has 1 aromatic carbocycles. The molecule has 1 unspecified atom stereocenters. The summed E-state index contributed by atoms with van der Waals surface area (Å²) < 4.78 is 5.63. The topological polar surface area (TPSA) is 73.1 Å². The van der Waals surface area contributed by atoms with Gasteiger partial charge >= 0.3 is 0 Å². The number of nitrogens with zero attached hydrogens (tertiary/aromatic N) is 2. The van der Waals surface area contributed by atoms with Crippen molar-refractivity contribution >= 4 is 23.4 Å². The molecule has 5 nitrogen and oxygen atoms in total. The summed E-state index contributed by atoms with van der Waals surface area (Å²) in [7, 11) is 0. The van der Waals surface area contributed by atoms with E-state index in [1.807, 2.05) is 24.5 Å². The van der Waals surface area contributed by atoms with Gasteiger partial charge in [0, 0.05) is 11.6 Å². The third-order valence-electron chi connectivity index (χ3n) is 2.93. The molecule has 0 saturated carbocycles. The highest BCUT2D eigenvalue weighted by molar-refractivity contribution is 7.98. The van der Waals surface area contributed by atoms with Gasteiger partial charge in [-0.3, -0.25) is 0 Å². The maximum Gasteiger partial charge on any atom is 0.191 e. The SMILES string of the molecule is CSc1nc(N)cc(NC2COc3ccccc32)n1. The van der Waals surface area contributed by atoms with Crippen LogP contribution in [0, 0.1) is 0 Å². The van der Waals surface area contributed by atoms with Crippen molar-refractivity contribution in [2.24, 2.45) is 0 Å². The van der Waals surface area contributed by atoms with Gasteiger partial charge in [0.25, 0.3) is 0 Å². The van der Waals surface area contributed by atoms with Crippen molar-refractivity contribution in [2.45, 2.75) is 11.2 Å². The summed E-state index contributed by atoms with van der Waals surface area (Å²) in [4.78, 5) is 8.52. The number of thioether (sulfide) groups is 1. The molecule has 0 amide bonds. The van der Waals surface area contributed by atoms with Gasteiger partial charge in [-0.1, -0.05) is 30.0 Å². The Morgan fingerprint density at radius 1 is 1.37 bits per heavy atom. The summed E-state index contributed by atoms with van der Waals surface area (Å²) in [6.45, 7) is 0.595. The van der Waals surface area contributed by atoms with E-state index in [-0.39, 0.29) is 6.04 Å². The van der Waals surface area contributed by atoms with Crippen LogP contribution in [0.1, 0.15) is 11.6 Å². The van der Waals surface area contributed by atoms with Crippen LogP contribution in [0.25, 0.3) is 0 Å². The van der Waals surface area contributed by atoms with E-state index in [1.54, 1.807) is 6.07 Å². The standard InChI is InChI=1S/C13H14N4OS/c1-19-13-16-11(14)6-12(17-13)15-9-7-18-10-5-3-2-4-8(9)10/h2-6,9H,7H2,1H3,(H3,14,15,16,17). The molecular formula is C13H14N4OS. The van der Waals surface area contributed by atoms with Crippen molar-refractivity contribution in [3.63, 3.8) is 0 Å².